The highest BCUT2D eigenvalue weighted by Crippen LogP contribution is 2.23. The zero-order chi connectivity index (χ0) is 17.3. The van der Waals surface area contributed by atoms with E-state index in [9.17, 15) is 9.59 Å². The van der Waals surface area contributed by atoms with Crippen molar-refractivity contribution in [2.45, 2.75) is 13.5 Å². The van der Waals surface area contributed by atoms with E-state index in [4.69, 9.17) is 23.2 Å². The van der Waals surface area contributed by atoms with Crippen LogP contribution in [0.3, 0.4) is 0 Å². The number of hydrogen-bond donors (Lipinski definition) is 1. The summed E-state index contributed by atoms with van der Waals surface area (Å²) in [5, 5.41) is 3.65. The standard InChI is InChI=1S/C17H13Cl2N3O2/c1-10-2-4-12(5-3-10)21-15(23)8-22-9-20-16-13(17(22)24)6-11(18)7-14(16)19/h2-7,9H,8H2,1H3,(H,21,23). The van der Waals surface area contributed by atoms with Gasteiger partial charge in [-0.2, -0.15) is 0 Å². The monoisotopic (exact) mass is 361 g/mol. The molecule has 1 heterocycles. The Morgan fingerprint density at radius 3 is 2.62 bits per heavy atom. The lowest BCUT2D eigenvalue weighted by molar-refractivity contribution is -0.116. The van der Waals surface area contributed by atoms with Crippen molar-refractivity contribution >= 4 is 45.7 Å². The summed E-state index contributed by atoms with van der Waals surface area (Å²) >= 11 is 12.0. The Morgan fingerprint density at radius 1 is 1.21 bits per heavy atom. The third-order valence-electron chi connectivity index (χ3n) is 3.49. The molecule has 3 aromatic rings. The number of nitrogens with zero attached hydrogens (tertiary/aromatic N) is 2. The average molecular weight is 362 g/mol. The molecule has 0 aliphatic heterocycles. The highest BCUT2D eigenvalue weighted by molar-refractivity contribution is 6.38. The summed E-state index contributed by atoms with van der Waals surface area (Å²) in [4.78, 5) is 28.8. The third kappa shape index (κ3) is 3.42. The van der Waals surface area contributed by atoms with Crippen molar-refractivity contribution in [2.24, 2.45) is 0 Å². The maximum atomic E-state index is 12.5. The average Bonchev–Trinajstić information content (AvgIpc) is 2.53. The lowest BCUT2D eigenvalue weighted by Gasteiger charge is -2.09. The van der Waals surface area contributed by atoms with E-state index < -0.39 is 0 Å². The number of hydrogen-bond acceptors (Lipinski definition) is 3. The van der Waals surface area contributed by atoms with Gasteiger partial charge in [0.25, 0.3) is 5.56 Å². The van der Waals surface area contributed by atoms with Gasteiger partial charge >= 0.3 is 0 Å². The largest absolute Gasteiger partial charge is 0.325 e. The molecule has 0 saturated heterocycles. The van der Waals surface area contributed by atoms with Gasteiger partial charge in [-0.05, 0) is 31.2 Å². The molecule has 7 heteroatoms. The van der Waals surface area contributed by atoms with Crippen LogP contribution >= 0.6 is 23.2 Å². The van der Waals surface area contributed by atoms with Crippen LogP contribution in [-0.4, -0.2) is 15.5 Å². The van der Waals surface area contributed by atoms with Crippen LogP contribution in [0.1, 0.15) is 5.56 Å². The van der Waals surface area contributed by atoms with Gasteiger partial charge < -0.3 is 5.32 Å². The van der Waals surface area contributed by atoms with Gasteiger partial charge in [0.2, 0.25) is 5.91 Å². The zero-order valence-electron chi connectivity index (χ0n) is 12.7. The quantitative estimate of drug-likeness (QED) is 0.774. The molecule has 2 aromatic carbocycles. The number of halogens is 2. The van der Waals surface area contributed by atoms with Crippen LogP contribution in [0, 0.1) is 6.92 Å². The highest BCUT2D eigenvalue weighted by Gasteiger charge is 2.11. The lowest BCUT2D eigenvalue weighted by atomic mass is 10.2. The topological polar surface area (TPSA) is 64.0 Å². The van der Waals surface area contributed by atoms with Crippen LogP contribution in [0.25, 0.3) is 10.9 Å². The van der Waals surface area contributed by atoms with E-state index in [-0.39, 0.29) is 23.4 Å². The molecule has 122 valence electrons. The van der Waals surface area contributed by atoms with E-state index in [1.54, 1.807) is 12.1 Å². The van der Waals surface area contributed by atoms with Gasteiger partial charge in [0.15, 0.2) is 0 Å². The summed E-state index contributed by atoms with van der Waals surface area (Å²) in [5.74, 6) is -0.324. The minimum atomic E-state index is -0.372. The van der Waals surface area contributed by atoms with Crippen molar-refractivity contribution in [1.82, 2.24) is 9.55 Å². The fraction of sp³-hybridized carbons (Fsp3) is 0.118. The molecule has 0 radical (unpaired) electrons. The first-order valence-electron chi connectivity index (χ1n) is 7.15. The second-order valence-corrected chi connectivity index (χ2v) is 6.22. The number of aromatic nitrogens is 2. The van der Waals surface area contributed by atoms with Gasteiger partial charge in [0.1, 0.15) is 6.54 Å². The fourth-order valence-electron chi connectivity index (χ4n) is 2.30. The van der Waals surface area contributed by atoms with Crippen molar-refractivity contribution < 1.29 is 4.79 Å². The minimum absolute atomic E-state index is 0.153. The molecule has 1 aromatic heterocycles. The Morgan fingerprint density at radius 2 is 1.92 bits per heavy atom. The third-order valence-corrected chi connectivity index (χ3v) is 4.00. The normalized spacial score (nSPS) is 10.8. The van der Waals surface area contributed by atoms with E-state index in [0.717, 1.165) is 5.56 Å². The molecule has 1 amide bonds. The first kappa shape index (κ1) is 16.5. The number of aryl methyl sites for hydroxylation is 1. The van der Waals surface area contributed by atoms with Crippen LogP contribution in [-0.2, 0) is 11.3 Å². The number of rotatable bonds is 3. The number of nitrogens with one attached hydrogen (secondary N) is 1. The molecule has 0 fully saturated rings. The van der Waals surface area contributed by atoms with Gasteiger partial charge in [0, 0.05) is 10.7 Å². The maximum Gasteiger partial charge on any atom is 0.261 e. The fourth-order valence-corrected chi connectivity index (χ4v) is 2.84. The summed E-state index contributed by atoms with van der Waals surface area (Å²) in [6, 6.07) is 10.4. The van der Waals surface area contributed by atoms with Crippen molar-refractivity contribution in [3.05, 3.63) is 68.7 Å². The van der Waals surface area contributed by atoms with E-state index in [1.807, 2.05) is 19.1 Å². The van der Waals surface area contributed by atoms with E-state index >= 15 is 0 Å². The van der Waals surface area contributed by atoms with E-state index in [0.29, 0.717) is 21.2 Å². The molecular weight excluding hydrogens is 349 g/mol. The van der Waals surface area contributed by atoms with Gasteiger partial charge in [-0.3, -0.25) is 14.2 Å². The van der Waals surface area contributed by atoms with Crippen molar-refractivity contribution in [1.29, 1.82) is 0 Å². The Kier molecular flexibility index (Phi) is 4.55. The summed E-state index contributed by atoms with van der Waals surface area (Å²) in [5.41, 5.74) is 1.75. The molecule has 0 atom stereocenters. The molecule has 1 N–H and O–H groups in total. The van der Waals surface area contributed by atoms with E-state index in [2.05, 4.69) is 10.3 Å². The summed E-state index contributed by atoms with van der Waals surface area (Å²) in [6.07, 6.45) is 1.30. The number of carbonyl (C=O) groups excluding carboxylic acids is 1. The molecule has 0 spiro atoms. The second-order valence-electron chi connectivity index (χ2n) is 5.38. The van der Waals surface area contributed by atoms with Gasteiger partial charge in [-0.1, -0.05) is 40.9 Å². The Balaban J connectivity index is 1.87. The number of benzene rings is 2. The Hall–Kier alpha value is -2.37. The first-order chi connectivity index (χ1) is 11.4. The van der Waals surface area contributed by atoms with Crippen molar-refractivity contribution in [3.8, 4) is 0 Å². The van der Waals surface area contributed by atoms with E-state index in [1.165, 1.54) is 23.0 Å². The predicted molar refractivity (Wildman–Crippen MR) is 95.8 cm³/mol. The smallest absolute Gasteiger partial charge is 0.261 e. The summed E-state index contributed by atoms with van der Waals surface area (Å²) < 4.78 is 1.22. The summed E-state index contributed by atoms with van der Waals surface area (Å²) in [6.45, 7) is 1.81. The lowest BCUT2D eigenvalue weighted by Crippen LogP contribution is -2.28. The van der Waals surface area contributed by atoms with Crippen LogP contribution < -0.4 is 10.9 Å². The van der Waals surface area contributed by atoms with Crippen molar-refractivity contribution in [2.75, 3.05) is 5.32 Å². The summed E-state index contributed by atoms with van der Waals surface area (Å²) in [7, 11) is 0. The molecule has 0 saturated carbocycles. The number of fused-ring (bicyclic) bond motifs is 1. The molecule has 0 bridgehead atoms. The SMILES string of the molecule is Cc1ccc(NC(=O)Cn2cnc3c(Cl)cc(Cl)cc3c2=O)cc1. The van der Waals surface area contributed by atoms with Crippen molar-refractivity contribution in [3.63, 3.8) is 0 Å². The number of anilines is 1. The molecule has 24 heavy (non-hydrogen) atoms. The first-order valence-corrected chi connectivity index (χ1v) is 7.90. The molecular formula is C17H13Cl2N3O2. The van der Waals surface area contributed by atoms with Gasteiger partial charge in [-0.15, -0.1) is 0 Å². The molecule has 5 nitrogen and oxygen atoms in total. The Bertz CT molecular complexity index is 982. The number of carbonyl (C=O) groups is 1. The molecule has 0 aliphatic carbocycles. The molecule has 0 unspecified atom stereocenters. The number of amides is 1. The Labute approximate surface area is 147 Å². The molecule has 0 aliphatic rings. The molecule has 3 rings (SSSR count). The zero-order valence-corrected chi connectivity index (χ0v) is 14.2. The van der Waals surface area contributed by atoms with Gasteiger partial charge in [-0.25, -0.2) is 4.98 Å². The maximum absolute atomic E-state index is 12.5. The van der Waals surface area contributed by atoms with Crippen LogP contribution in [0.15, 0.2) is 47.5 Å². The highest BCUT2D eigenvalue weighted by atomic mass is 35.5. The van der Waals surface area contributed by atoms with Crippen LogP contribution in [0.4, 0.5) is 5.69 Å². The van der Waals surface area contributed by atoms with Crippen LogP contribution in [0.2, 0.25) is 10.0 Å². The van der Waals surface area contributed by atoms with Gasteiger partial charge in [0.05, 0.1) is 22.3 Å². The minimum Gasteiger partial charge on any atom is -0.325 e. The second kappa shape index (κ2) is 6.63. The predicted octanol–water partition coefficient (Wildman–Crippen LogP) is 3.65. The van der Waals surface area contributed by atoms with Crippen LogP contribution in [0.5, 0.6) is 0 Å².